The van der Waals surface area contributed by atoms with Crippen molar-refractivity contribution in [3.8, 4) is 5.88 Å². The van der Waals surface area contributed by atoms with E-state index in [1.54, 1.807) is 5.32 Å². The molecule has 0 aliphatic heterocycles. The number of nitrogens with two attached hydrogens (primary N) is 1. The SMILES string of the molecule is CC(O)(CNC(=O)c1nc(OCc2cnco2)c(C(F)(F)F)cc1N)C(F)(F)F. The van der Waals surface area contributed by atoms with Crippen molar-refractivity contribution in [3.05, 3.63) is 35.7 Å². The van der Waals surface area contributed by atoms with Crippen LogP contribution in [0.5, 0.6) is 5.88 Å². The summed E-state index contributed by atoms with van der Waals surface area (Å²) in [4.78, 5) is 19.0. The van der Waals surface area contributed by atoms with Crippen molar-refractivity contribution < 1.29 is 45.4 Å². The van der Waals surface area contributed by atoms with Crippen LogP contribution in [0.1, 0.15) is 28.7 Å². The number of ether oxygens (including phenoxy) is 1. The van der Waals surface area contributed by atoms with E-state index in [1.165, 1.54) is 0 Å². The van der Waals surface area contributed by atoms with Crippen molar-refractivity contribution in [1.29, 1.82) is 0 Å². The van der Waals surface area contributed by atoms with Crippen molar-refractivity contribution in [2.45, 2.75) is 31.5 Å². The number of anilines is 1. The summed E-state index contributed by atoms with van der Waals surface area (Å²) in [7, 11) is 0. The lowest BCUT2D eigenvalue weighted by Gasteiger charge is -2.26. The maximum atomic E-state index is 13.2. The Morgan fingerprint density at radius 3 is 2.48 bits per heavy atom. The molecular weight excluding hydrogens is 414 g/mol. The number of alkyl halides is 6. The number of pyridine rings is 1. The Hall–Kier alpha value is -3.03. The van der Waals surface area contributed by atoms with E-state index in [-0.39, 0.29) is 5.76 Å². The van der Waals surface area contributed by atoms with Crippen molar-refractivity contribution in [2.24, 2.45) is 0 Å². The van der Waals surface area contributed by atoms with E-state index >= 15 is 0 Å². The Bertz CT molecular complexity index is 865. The van der Waals surface area contributed by atoms with Crippen LogP contribution in [-0.2, 0) is 12.8 Å². The Morgan fingerprint density at radius 2 is 1.97 bits per heavy atom. The summed E-state index contributed by atoms with van der Waals surface area (Å²) < 4.78 is 87.3. The summed E-state index contributed by atoms with van der Waals surface area (Å²) in [5, 5.41) is 11.1. The Balaban J connectivity index is 2.29. The van der Waals surface area contributed by atoms with Crippen LogP contribution in [0.4, 0.5) is 32.0 Å². The maximum absolute atomic E-state index is 13.2. The van der Waals surface area contributed by atoms with Crippen LogP contribution < -0.4 is 15.8 Å². The number of rotatable bonds is 6. The summed E-state index contributed by atoms with van der Waals surface area (Å²) in [5.74, 6) is -2.34. The number of nitrogens with zero attached hydrogens (tertiary/aromatic N) is 2. The number of amides is 1. The molecule has 29 heavy (non-hydrogen) atoms. The van der Waals surface area contributed by atoms with Crippen LogP contribution in [0.15, 0.2) is 23.1 Å². The lowest BCUT2D eigenvalue weighted by Crippen LogP contribution is -2.51. The van der Waals surface area contributed by atoms with Gasteiger partial charge >= 0.3 is 12.4 Å². The molecule has 0 fully saturated rings. The summed E-state index contributed by atoms with van der Waals surface area (Å²) in [5.41, 5.74) is -0.852. The fourth-order valence-electron chi connectivity index (χ4n) is 1.90. The average Bonchev–Trinajstić information content (AvgIpc) is 3.10. The first-order valence-corrected chi connectivity index (χ1v) is 7.67. The molecule has 160 valence electrons. The largest absolute Gasteiger partial charge is 0.469 e. The highest BCUT2D eigenvalue weighted by molar-refractivity contribution is 5.97. The fourth-order valence-corrected chi connectivity index (χ4v) is 1.90. The monoisotopic (exact) mass is 428 g/mol. The molecule has 0 saturated carbocycles. The molecule has 0 aliphatic carbocycles. The molecule has 0 saturated heterocycles. The highest BCUT2D eigenvalue weighted by Crippen LogP contribution is 2.37. The third kappa shape index (κ3) is 5.28. The number of nitrogens with one attached hydrogen (secondary N) is 1. The minimum absolute atomic E-state index is 0.0453. The van der Waals surface area contributed by atoms with Gasteiger partial charge in [-0.1, -0.05) is 0 Å². The molecule has 1 unspecified atom stereocenters. The van der Waals surface area contributed by atoms with Gasteiger partial charge in [0.2, 0.25) is 5.88 Å². The van der Waals surface area contributed by atoms with Crippen LogP contribution in [0.25, 0.3) is 0 Å². The van der Waals surface area contributed by atoms with Gasteiger partial charge in [0, 0.05) is 0 Å². The van der Waals surface area contributed by atoms with Gasteiger partial charge in [0.05, 0.1) is 18.4 Å². The lowest BCUT2D eigenvalue weighted by atomic mass is 10.1. The second-order valence-electron chi connectivity index (χ2n) is 5.99. The molecule has 0 aliphatic rings. The van der Waals surface area contributed by atoms with E-state index < -0.39 is 59.8 Å². The van der Waals surface area contributed by atoms with Gasteiger partial charge < -0.3 is 25.3 Å². The molecule has 2 aromatic heterocycles. The fraction of sp³-hybridized carbons (Fsp3) is 0.400. The quantitative estimate of drug-likeness (QED) is 0.603. The number of hydrogen-bond acceptors (Lipinski definition) is 7. The van der Waals surface area contributed by atoms with Gasteiger partial charge in [0.25, 0.3) is 5.91 Å². The van der Waals surface area contributed by atoms with Crippen molar-refractivity contribution in [2.75, 3.05) is 12.3 Å². The summed E-state index contributed by atoms with van der Waals surface area (Å²) in [6.07, 6.45) is -7.85. The maximum Gasteiger partial charge on any atom is 0.421 e. The van der Waals surface area contributed by atoms with Crippen LogP contribution in [0.3, 0.4) is 0 Å². The van der Waals surface area contributed by atoms with Gasteiger partial charge in [-0.25, -0.2) is 9.97 Å². The van der Waals surface area contributed by atoms with Gasteiger partial charge in [-0.15, -0.1) is 0 Å². The number of hydrogen-bond donors (Lipinski definition) is 3. The second kappa shape index (κ2) is 7.77. The summed E-state index contributed by atoms with van der Waals surface area (Å²) in [6, 6.07) is 0.361. The predicted molar refractivity (Wildman–Crippen MR) is 83.5 cm³/mol. The van der Waals surface area contributed by atoms with E-state index in [4.69, 9.17) is 14.9 Å². The smallest absolute Gasteiger partial charge is 0.421 e. The third-order valence-corrected chi connectivity index (χ3v) is 3.58. The topological polar surface area (TPSA) is 124 Å². The van der Waals surface area contributed by atoms with Gasteiger partial charge in [0.1, 0.15) is 12.2 Å². The van der Waals surface area contributed by atoms with E-state index in [9.17, 15) is 36.2 Å². The van der Waals surface area contributed by atoms with Gasteiger partial charge in [0.15, 0.2) is 23.4 Å². The average molecular weight is 428 g/mol. The second-order valence-corrected chi connectivity index (χ2v) is 5.99. The van der Waals surface area contributed by atoms with Crippen molar-refractivity contribution >= 4 is 11.6 Å². The molecule has 14 heteroatoms. The number of oxazole rings is 1. The number of aromatic nitrogens is 2. The van der Waals surface area contributed by atoms with Gasteiger partial charge in [-0.2, -0.15) is 26.3 Å². The standard InChI is InChI=1S/C15H14F6N4O4/c1-13(27,15(19,20)21)5-24-11(26)10-9(22)2-8(14(16,17)18)12(25-10)28-4-7-3-23-6-29-7/h2-3,6,27H,4-5,22H2,1H3,(H,24,26). The van der Waals surface area contributed by atoms with E-state index in [0.29, 0.717) is 13.0 Å². The number of halogens is 6. The van der Waals surface area contributed by atoms with Crippen LogP contribution in [0, 0.1) is 0 Å². The molecule has 0 bridgehead atoms. The molecule has 1 atom stereocenters. The molecule has 2 aromatic rings. The van der Waals surface area contributed by atoms with E-state index in [2.05, 4.69) is 9.97 Å². The van der Waals surface area contributed by atoms with E-state index in [0.717, 1.165) is 12.6 Å². The minimum atomic E-state index is -5.06. The summed E-state index contributed by atoms with van der Waals surface area (Å²) in [6.45, 7) is -1.40. The highest BCUT2D eigenvalue weighted by atomic mass is 19.4. The number of carbonyl (C=O) groups is 1. The van der Waals surface area contributed by atoms with Gasteiger partial charge in [-0.05, 0) is 13.0 Å². The molecule has 2 heterocycles. The predicted octanol–water partition coefficient (Wildman–Crippen LogP) is 2.29. The van der Waals surface area contributed by atoms with Crippen molar-refractivity contribution in [3.63, 3.8) is 0 Å². The molecule has 2 rings (SSSR count). The number of nitrogen functional groups attached to an aromatic ring is 1. The van der Waals surface area contributed by atoms with Crippen molar-refractivity contribution in [1.82, 2.24) is 15.3 Å². The normalized spacial score (nSPS) is 14.3. The Kier molecular flexibility index (Phi) is 5.96. The van der Waals surface area contributed by atoms with Crippen LogP contribution in [0.2, 0.25) is 0 Å². The third-order valence-electron chi connectivity index (χ3n) is 3.58. The first-order valence-electron chi connectivity index (χ1n) is 7.67. The number of carbonyl (C=O) groups excluding carboxylic acids is 1. The Morgan fingerprint density at radius 1 is 1.31 bits per heavy atom. The first-order chi connectivity index (χ1) is 13.2. The Labute approximate surface area is 158 Å². The van der Waals surface area contributed by atoms with Crippen LogP contribution in [-0.4, -0.2) is 39.3 Å². The molecular formula is C15H14F6N4O4. The number of aliphatic hydroxyl groups is 1. The molecule has 8 nitrogen and oxygen atoms in total. The zero-order valence-corrected chi connectivity index (χ0v) is 14.6. The first kappa shape index (κ1) is 22.3. The zero-order chi connectivity index (χ0) is 22.0. The molecule has 1 amide bonds. The van der Waals surface area contributed by atoms with Gasteiger partial charge in [-0.3, -0.25) is 4.79 Å². The molecule has 0 spiro atoms. The van der Waals surface area contributed by atoms with E-state index in [1.807, 2.05) is 0 Å². The molecule has 4 N–H and O–H groups in total. The molecule has 0 aromatic carbocycles. The summed E-state index contributed by atoms with van der Waals surface area (Å²) >= 11 is 0. The highest BCUT2D eigenvalue weighted by Gasteiger charge is 2.50. The molecule has 0 radical (unpaired) electrons. The minimum Gasteiger partial charge on any atom is -0.469 e. The lowest BCUT2D eigenvalue weighted by molar-refractivity contribution is -0.249. The zero-order valence-electron chi connectivity index (χ0n) is 14.6. The van der Waals surface area contributed by atoms with Crippen LogP contribution >= 0.6 is 0 Å².